The summed E-state index contributed by atoms with van der Waals surface area (Å²) in [4.78, 5) is 0. The lowest BCUT2D eigenvalue weighted by molar-refractivity contribution is 0.661. The summed E-state index contributed by atoms with van der Waals surface area (Å²) >= 11 is 0. The van der Waals surface area contributed by atoms with Crippen molar-refractivity contribution in [2.24, 2.45) is 0 Å². The summed E-state index contributed by atoms with van der Waals surface area (Å²) in [7, 11) is -5.35. The minimum Gasteiger partial charge on any atom is -0.0623 e. The van der Waals surface area contributed by atoms with Gasteiger partial charge < -0.3 is 0 Å². The molecule has 0 nitrogen and oxygen atoms in total. The molecule has 0 aliphatic heterocycles. The fraction of sp³-hybridized carbons (Fsp3) is 0.0588. The van der Waals surface area contributed by atoms with Gasteiger partial charge in [-0.1, -0.05) is 232 Å². The topological polar surface area (TPSA) is 0 Å². The fourth-order valence-electron chi connectivity index (χ4n) is 9.33. The van der Waals surface area contributed by atoms with E-state index in [0.717, 1.165) is 0 Å². The second-order valence-corrected chi connectivity index (χ2v) is 22.5. The monoisotopic (exact) mass is 710 g/mol. The van der Waals surface area contributed by atoms with Crippen LogP contribution in [-0.4, -0.2) is 16.1 Å². The zero-order chi connectivity index (χ0) is 35.9. The molecule has 0 radical (unpaired) electrons. The first kappa shape index (κ1) is 33.1. The molecule has 0 fully saturated rings. The average Bonchev–Trinajstić information content (AvgIpc) is 3.46. The Bertz CT molecular complexity index is 2120. The molecule has 0 atom stereocenters. The fourth-order valence-corrected chi connectivity index (χ4v) is 18.9. The smallest absolute Gasteiger partial charge is 0.0623 e. The third kappa shape index (κ3) is 5.16. The Morgan fingerprint density at radius 1 is 0.264 bits per heavy atom. The van der Waals surface area contributed by atoms with Crippen molar-refractivity contribution in [1.82, 2.24) is 0 Å². The van der Waals surface area contributed by atoms with Crippen LogP contribution in [-0.2, 0) is 5.41 Å². The average molecular weight is 711 g/mol. The predicted octanol–water partition coefficient (Wildman–Crippen LogP) is 6.75. The molecule has 8 aromatic rings. The number of benzene rings is 8. The van der Waals surface area contributed by atoms with Gasteiger partial charge in [-0.05, 0) is 63.7 Å². The molecule has 1 aliphatic carbocycles. The predicted molar refractivity (Wildman–Crippen MR) is 231 cm³/mol. The van der Waals surface area contributed by atoms with Crippen LogP contribution in [0, 0.1) is 0 Å². The normalized spacial score (nSPS) is 13.2. The van der Waals surface area contributed by atoms with Crippen LogP contribution in [0.3, 0.4) is 0 Å². The molecule has 0 saturated carbocycles. The van der Waals surface area contributed by atoms with E-state index in [2.05, 4.69) is 232 Å². The zero-order valence-corrected chi connectivity index (χ0v) is 32.3. The maximum Gasteiger partial charge on any atom is 0.179 e. The first-order chi connectivity index (χ1) is 26.1. The quantitative estimate of drug-likeness (QED) is 0.121. The maximum absolute atomic E-state index is 2.67. The number of fused-ring (bicyclic) bond motifs is 3. The Balaban J connectivity index is 1.28. The molecule has 0 aromatic heterocycles. The van der Waals surface area contributed by atoms with E-state index < -0.39 is 16.1 Å². The minimum absolute atomic E-state index is 0.203. The van der Waals surface area contributed by atoms with E-state index in [1.165, 1.54) is 63.7 Å². The number of rotatable bonds is 8. The minimum atomic E-state index is -2.67. The Labute approximate surface area is 316 Å². The lowest BCUT2D eigenvalue weighted by Gasteiger charge is -2.36. The molecule has 9 rings (SSSR count). The van der Waals surface area contributed by atoms with Crippen molar-refractivity contribution >= 4 is 57.6 Å². The summed E-state index contributed by atoms with van der Waals surface area (Å²) in [6.45, 7) is 4.89. The third-order valence-electron chi connectivity index (χ3n) is 11.8. The summed E-state index contributed by atoms with van der Waals surface area (Å²) in [5, 5.41) is 11.2. The summed E-state index contributed by atoms with van der Waals surface area (Å²) in [6.07, 6.45) is 0. The number of hydrogen-bond donors (Lipinski definition) is 0. The largest absolute Gasteiger partial charge is 0.179 e. The summed E-state index contributed by atoms with van der Waals surface area (Å²) in [5.74, 6) is 0. The molecule has 0 amide bonds. The molecule has 1 aliphatic rings. The van der Waals surface area contributed by atoms with E-state index in [-0.39, 0.29) is 5.41 Å². The van der Waals surface area contributed by atoms with Crippen molar-refractivity contribution in [2.45, 2.75) is 19.3 Å². The lowest BCUT2D eigenvalue weighted by Crippen LogP contribution is -2.74. The van der Waals surface area contributed by atoms with Crippen LogP contribution in [0.1, 0.15) is 25.0 Å². The lowest BCUT2D eigenvalue weighted by atomic mass is 9.82. The number of hydrogen-bond acceptors (Lipinski definition) is 0. The maximum atomic E-state index is 2.59. The Morgan fingerprint density at radius 2 is 0.491 bits per heavy atom. The van der Waals surface area contributed by atoms with Gasteiger partial charge in [0.2, 0.25) is 0 Å². The van der Waals surface area contributed by atoms with E-state index in [4.69, 9.17) is 0 Å². The van der Waals surface area contributed by atoms with Gasteiger partial charge in [0, 0.05) is 5.41 Å². The van der Waals surface area contributed by atoms with Gasteiger partial charge in [0.15, 0.2) is 16.1 Å². The summed E-state index contributed by atoms with van der Waals surface area (Å²) < 4.78 is 0. The first-order valence-corrected chi connectivity index (χ1v) is 22.7. The van der Waals surface area contributed by atoms with Gasteiger partial charge in [0.05, 0.1) is 0 Å². The Morgan fingerprint density at radius 3 is 0.717 bits per heavy atom. The van der Waals surface area contributed by atoms with E-state index in [0.29, 0.717) is 0 Å². The van der Waals surface area contributed by atoms with Crippen LogP contribution in [0.2, 0.25) is 0 Å². The van der Waals surface area contributed by atoms with E-state index in [1.807, 2.05) is 0 Å². The summed E-state index contributed by atoms with van der Waals surface area (Å²) in [6, 6.07) is 82.5. The highest BCUT2D eigenvalue weighted by Crippen LogP contribution is 2.48. The molecule has 0 unspecified atom stereocenters. The van der Waals surface area contributed by atoms with E-state index in [1.54, 1.807) is 0 Å². The standard InChI is InChI=1S/C51H42Si2/c1-51(2)49-37-45(52(39-21-9-3-10-22-39,40-23-11-4-12-24-40)41-25-13-5-14-26-41)33-35-47(49)48-36-34-46(38-50(48)51)53(42-27-15-6-16-28-42,43-29-17-7-18-30-43)44-31-19-8-20-32-44/h3-38H,1-2H3. The van der Waals surface area contributed by atoms with Gasteiger partial charge in [-0.15, -0.1) is 0 Å². The van der Waals surface area contributed by atoms with Crippen LogP contribution < -0.4 is 41.5 Å². The molecule has 53 heavy (non-hydrogen) atoms. The van der Waals surface area contributed by atoms with E-state index >= 15 is 0 Å². The molecule has 0 heterocycles. The van der Waals surface area contributed by atoms with Gasteiger partial charge in [-0.3, -0.25) is 0 Å². The van der Waals surface area contributed by atoms with Crippen LogP contribution in [0.25, 0.3) is 11.1 Å². The molecule has 0 bridgehead atoms. The van der Waals surface area contributed by atoms with Crippen LogP contribution in [0.5, 0.6) is 0 Å². The Hall–Kier alpha value is -5.81. The molecule has 0 N–H and O–H groups in total. The van der Waals surface area contributed by atoms with Crippen molar-refractivity contribution in [3.05, 3.63) is 230 Å². The second-order valence-electron chi connectivity index (χ2n) is 14.8. The van der Waals surface area contributed by atoms with Crippen LogP contribution in [0.15, 0.2) is 218 Å². The van der Waals surface area contributed by atoms with Gasteiger partial charge in [0.1, 0.15) is 0 Å². The Kier molecular flexibility index (Phi) is 8.30. The molecule has 254 valence electrons. The highest BCUT2D eigenvalue weighted by Gasteiger charge is 2.46. The molecular weight excluding hydrogens is 669 g/mol. The molecule has 2 heteroatoms. The van der Waals surface area contributed by atoms with Crippen molar-refractivity contribution in [1.29, 1.82) is 0 Å². The van der Waals surface area contributed by atoms with Gasteiger partial charge in [-0.25, -0.2) is 0 Å². The van der Waals surface area contributed by atoms with Gasteiger partial charge in [-0.2, -0.15) is 0 Å². The first-order valence-electron chi connectivity index (χ1n) is 18.7. The molecule has 0 spiro atoms. The van der Waals surface area contributed by atoms with Crippen molar-refractivity contribution in [3.8, 4) is 11.1 Å². The molecular formula is C51H42Si2. The van der Waals surface area contributed by atoms with Crippen LogP contribution >= 0.6 is 0 Å². The van der Waals surface area contributed by atoms with Crippen LogP contribution in [0.4, 0.5) is 0 Å². The summed E-state index contributed by atoms with van der Waals surface area (Å²) in [5.41, 5.74) is 5.32. The highest BCUT2D eigenvalue weighted by atomic mass is 28.3. The molecule has 8 aromatic carbocycles. The second kappa shape index (κ2) is 13.3. The zero-order valence-electron chi connectivity index (χ0n) is 30.3. The third-order valence-corrected chi connectivity index (χ3v) is 21.3. The van der Waals surface area contributed by atoms with Gasteiger partial charge in [0.25, 0.3) is 0 Å². The van der Waals surface area contributed by atoms with Crippen molar-refractivity contribution in [2.75, 3.05) is 0 Å². The van der Waals surface area contributed by atoms with Crippen molar-refractivity contribution < 1.29 is 0 Å². The van der Waals surface area contributed by atoms with Gasteiger partial charge >= 0.3 is 0 Å². The molecule has 0 saturated heterocycles. The SMILES string of the molecule is CC1(C)c2cc([Si](c3ccccc3)(c3ccccc3)c3ccccc3)ccc2-c2ccc([Si](c3ccccc3)(c3ccccc3)c3ccccc3)cc21. The van der Waals surface area contributed by atoms with Crippen molar-refractivity contribution in [3.63, 3.8) is 0 Å². The van der Waals surface area contributed by atoms with E-state index in [9.17, 15) is 0 Å². The highest BCUT2D eigenvalue weighted by molar-refractivity contribution is 7.20.